The normalized spacial score (nSPS) is 18.1. The van der Waals surface area contributed by atoms with Crippen molar-refractivity contribution in [2.75, 3.05) is 13.7 Å². The van der Waals surface area contributed by atoms with Crippen molar-refractivity contribution in [3.63, 3.8) is 0 Å². The van der Waals surface area contributed by atoms with E-state index in [1.807, 2.05) is 13.0 Å². The Morgan fingerprint density at radius 1 is 1.53 bits per heavy atom. The molecule has 0 aromatic heterocycles. The van der Waals surface area contributed by atoms with Crippen LogP contribution in [-0.2, 0) is 11.3 Å². The van der Waals surface area contributed by atoms with Gasteiger partial charge in [0.1, 0.15) is 11.9 Å². The lowest BCUT2D eigenvalue weighted by Crippen LogP contribution is -2.24. The molecule has 2 rings (SSSR count). The lowest BCUT2D eigenvalue weighted by molar-refractivity contribution is 0.0600. The highest BCUT2D eigenvalue weighted by atomic mass is 32.1. The fourth-order valence-corrected chi connectivity index (χ4v) is 1.72. The van der Waals surface area contributed by atoms with Gasteiger partial charge < -0.3 is 14.8 Å². The van der Waals surface area contributed by atoms with Gasteiger partial charge in [0.05, 0.1) is 12.7 Å². The van der Waals surface area contributed by atoms with Gasteiger partial charge in [-0.05, 0) is 19.1 Å². The SMILES string of the molecule is COC(=O)c1ccc2c(c1)O[C@@H](C)CNC2.S. The van der Waals surface area contributed by atoms with Crippen LogP contribution in [0.2, 0.25) is 0 Å². The van der Waals surface area contributed by atoms with Crippen LogP contribution >= 0.6 is 13.5 Å². The number of esters is 1. The molecular weight excluding hydrogens is 238 g/mol. The van der Waals surface area contributed by atoms with Crippen LogP contribution in [0, 0.1) is 0 Å². The van der Waals surface area contributed by atoms with Crippen molar-refractivity contribution in [3.8, 4) is 5.75 Å². The van der Waals surface area contributed by atoms with Crippen LogP contribution in [0.25, 0.3) is 0 Å². The van der Waals surface area contributed by atoms with Crippen LogP contribution < -0.4 is 10.1 Å². The maximum atomic E-state index is 11.4. The minimum Gasteiger partial charge on any atom is -0.489 e. The Morgan fingerprint density at radius 2 is 2.29 bits per heavy atom. The summed E-state index contributed by atoms with van der Waals surface area (Å²) in [5.74, 6) is 0.427. The minimum absolute atomic E-state index is 0. The maximum absolute atomic E-state index is 11.4. The molecule has 1 aromatic carbocycles. The highest BCUT2D eigenvalue weighted by Crippen LogP contribution is 2.23. The number of carbonyl (C=O) groups is 1. The predicted octanol–water partition coefficient (Wildman–Crippen LogP) is 1.46. The van der Waals surface area contributed by atoms with E-state index < -0.39 is 0 Å². The summed E-state index contributed by atoms with van der Waals surface area (Å²) in [5.41, 5.74) is 1.59. The van der Waals surface area contributed by atoms with E-state index in [1.165, 1.54) is 7.11 Å². The standard InChI is InChI=1S/C12H15NO3.H2S/c1-8-6-13-7-10-4-3-9(12(14)15-2)5-11(10)16-8;/h3-5,8,13H,6-7H2,1-2H3;1H2/t8-;/m0./s1. The van der Waals surface area contributed by atoms with Gasteiger partial charge in [-0.3, -0.25) is 0 Å². The number of nitrogens with one attached hydrogen (secondary N) is 1. The summed E-state index contributed by atoms with van der Waals surface area (Å²) in [6.45, 7) is 3.57. The fraction of sp³-hybridized carbons (Fsp3) is 0.417. The van der Waals surface area contributed by atoms with Gasteiger partial charge in [-0.2, -0.15) is 13.5 Å². The molecule has 4 nitrogen and oxygen atoms in total. The fourth-order valence-electron chi connectivity index (χ4n) is 1.72. The van der Waals surface area contributed by atoms with E-state index in [2.05, 4.69) is 10.1 Å². The van der Waals surface area contributed by atoms with Gasteiger partial charge in [-0.1, -0.05) is 6.07 Å². The molecule has 17 heavy (non-hydrogen) atoms. The minimum atomic E-state index is -0.337. The summed E-state index contributed by atoms with van der Waals surface area (Å²) in [5, 5.41) is 3.27. The Balaban J connectivity index is 0.00000144. The third-order valence-electron chi connectivity index (χ3n) is 2.56. The van der Waals surface area contributed by atoms with E-state index in [0.717, 1.165) is 24.4 Å². The highest BCUT2D eigenvalue weighted by Gasteiger charge is 2.16. The first-order valence-corrected chi connectivity index (χ1v) is 5.29. The molecule has 0 saturated carbocycles. The first-order valence-electron chi connectivity index (χ1n) is 5.29. The van der Waals surface area contributed by atoms with Gasteiger partial charge in [-0.15, -0.1) is 0 Å². The van der Waals surface area contributed by atoms with Crippen molar-refractivity contribution in [1.82, 2.24) is 5.32 Å². The molecule has 1 aliphatic heterocycles. The molecule has 0 unspecified atom stereocenters. The van der Waals surface area contributed by atoms with E-state index in [-0.39, 0.29) is 25.6 Å². The number of carbonyl (C=O) groups excluding carboxylic acids is 1. The first-order chi connectivity index (χ1) is 7.70. The monoisotopic (exact) mass is 255 g/mol. The number of ether oxygens (including phenoxy) is 2. The van der Waals surface area contributed by atoms with Gasteiger partial charge in [-0.25, -0.2) is 4.79 Å². The molecule has 5 heteroatoms. The van der Waals surface area contributed by atoms with Gasteiger partial charge in [0, 0.05) is 18.7 Å². The number of hydrogen-bond acceptors (Lipinski definition) is 4. The summed E-state index contributed by atoms with van der Waals surface area (Å²) in [6, 6.07) is 5.39. The molecular formula is C12H17NO3S. The van der Waals surface area contributed by atoms with E-state index in [4.69, 9.17) is 4.74 Å². The molecule has 1 atom stereocenters. The molecule has 0 amide bonds. The zero-order chi connectivity index (χ0) is 11.5. The van der Waals surface area contributed by atoms with Gasteiger partial charge >= 0.3 is 5.97 Å². The molecule has 1 aromatic rings. The van der Waals surface area contributed by atoms with E-state index in [9.17, 15) is 4.79 Å². The second-order valence-corrected chi connectivity index (χ2v) is 3.87. The highest BCUT2D eigenvalue weighted by molar-refractivity contribution is 7.59. The van der Waals surface area contributed by atoms with Gasteiger partial charge in [0.2, 0.25) is 0 Å². The third-order valence-corrected chi connectivity index (χ3v) is 2.56. The first kappa shape index (κ1) is 13.9. The second-order valence-electron chi connectivity index (χ2n) is 3.87. The molecule has 0 bridgehead atoms. The summed E-state index contributed by atoms with van der Waals surface area (Å²) >= 11 is 0. The Morgan fingerprint density at radius 3 is 3.00 bits per heavy atom. The Hall–Kier alpha value is -1.20. The molecule has 1 aliphatic rings. The van der Waals surface area contributed by atoms with Crippen molar-refractivity contribution in [2.24, 2.45) is 0 Å². The third kappa shape index (κ3) is 3.14. The smallest absolute Gasteiger partial charge is 0.337 e. The van der Waals surface area contributed by atoms with Crippen LogP contribution in [0.4, 0.5) is 0 Å². The van der Waals surface area contributed by atoms with Crippen molar-refractivity contribution >= 4 is 19.5 Å². The lowest BCUT2D eigenvalue weighted by atomic mass is 10.1. The number of fused-ring (bicyclic) bond motifs is 1. The number of benzene rings is 1. The number of rotatable bonds is 1. The molecule has 0 radical (unpaired) electrons. The van der Waals surface area contributed by atoms with E-state index >= 15 is 0 Å². The Bertz CT molecular complexity index is 409. The maximum Gasteiger partial charge on any atom is 0.337 e. The lowest BCUT2D eigenvalue weighted by Gasteiger charge is -2.12. The summed E-state index contributed by atoms with van der Waals surface area (Å²) in [4.78, 5) is 11.4. The zero-order valence-electron chi connectivity index (χ0n) is 9.95. The molecule has 0 fully saturated rings. The summed E-state index contributed by atoms with van der Waals surface area (Å²) in [6.07, 6.45) is 0.106. The zero-order valence-corrected chi connectivity index (χ0v) is 10.9. The molecule has 1 N–H and O–H groups in total. The van der Waals surface area contributed by atoms with Gasteiger partial charge in [0.15, 0.2) is 0 Å². The largest absolute Gasteiger partial charge is 0.489 e. The quantitative estimate of drug-likeness (QED) is 0.772. The second kappa shape index (κ2) is 5.93. The molecule has 94 valence electrons. The molecule has 0 spiro atoms. The number of methoxy groups -OCH3 is 1. The van der Waals surface area contributed by atoms with Crippen LogP contribution in [0.15, 0.2) is 18.2 Å². The van der Waals surface area contributed by atoms with Gasteiger partial charge in [0.25, 0.3) is 0 Å². The molecule has 0 saturated heterocycles. The van der Waals surface area contributed by atoms with Crippen molar-refractivity contribution < 1.29 is 14.3 Å². The van der Waals surface area contributed by atoms with E-state index in [0.29, 0.717) is 5.56 Å². The van der Waals surface area contributed by atoms with Crippen molar-refractivity contribution in [3.05, 3.63) is 29.3 Å². The van der Waals surface area contributed by atoms with Crippen LogP contribution in [0.1, 0.15) is 22.8 Å². The van der Waals surface area contributed by atoms with E-state index in [1.54, 1.807) is 12.1 Å². The Labute approximate surface area is 108 Å². The van der Waals surface area contributed by atoms with Crippen LogP contribution in [0.5, 0.6) is 5.75 Å². The van der Waals surface area contributed by atoms with Crippen LogP contribution in [0.3, 0.4) is 0 Å². The topological polar surface area (TPSA) is 47.6 Å². The summed E-state index contributed by atoms with van der Waals surface area (Å²) in [7, 11) is 1.37. The summed E-state index contributed by atoms with van der Waals surface area (Å²) < 4.78 is 10.4. The van der Waals surface area contributed by atoms with Crippen LogP contribution in [-0.4, -0.2) is 25.7 Å². The Kier molecular flexibility index (Phi) is 4.84. The van der Waals surface area contributed by atoms with Crippen molar-refractivity contribution in [1.29, 1.82) is 0 Å². The molecule has 0 aliphatic carbocycles. The molecule has 1 heterocycles. The predicted molar refractivity (Wildman–Crippen MR) is 70.0 cm³/mol. The van der Waals surface area contributed by atoms with Crippen molar-refractivity contribution in [2.45, 2.75) is 19.6 Å². The average molecular weight is 255 g/mol. The average Bonchev–Trinajstić information content (AvgIpc) is 2.47. The number of hydrogen-bond donors (Lipinski definition) is 1.